The molecule has 0 atom stereocenters. The summed E-state index contributed by atoms with van der Waals surface area (Å²) in [5.74, 6) is 0.0492. The molecule has 1 aliphatic rings. The van der Waals surface area contributed by atoms with E-state index in [-0.39, 0.29) is 12.5 Å². The molecule has 0 radical (unpaired) electrons. The molecule has 34 heavy (non-hydrogen) atoms. The van der Waals surface area contributed by atoms with E-state index in [1.54, 1.807) is 7.11 Å². The summed E-state index contributed by atoms with van der Waals surface area (Å²) in [6.45, 7) is 3.91. The monoisotopic (exact) mass is 474 g/mol. The molecule has 3 heterocycles. The maximum Gasteiger partial charge on any atom is 0.248 e. The number of halogens is 1. The van der Waals surface area contributed by atoms with E-state index in [9.17, 15) is 4.79 Å². The summed E-state index contributed by atoms with van der Waals surface area (Å²) < 4.78 is 7.21. The fourth-order valence-electron chi connectivity index (χ4n) is 4.49. The van der Waals surface area contributed by atoms with E-state index in [2.05, 4.69) is 45.8 Å². The molecule has 1 amide bonds. The van der Waals surface area contributed by atoms with E-state index in [0.717, 1.165) is 53.4 Å². The summed E-state index contributed by atoms with van der Waals surface area (Å²) >= 11 is 6.25. The molecule has 5 rings (SSSR count). The molecule has 0 aliphatic carbocycles. The second-order valence-electron chi connectivity index (χ2n) is 8.52. The average molecular weight is 475 g/mol. The number of piperazine rings is 1. The smallest absolute Gasteiger partial charge is 0.248 e. The predicted molar refractivity (Wildman–Crippen MR) is 135 cm³/mol. The molecule has 174 valence electrons. The first kappa shape index (κ1) is 22.6. The van der Waals surface area contributed by atoms with E-state index in [4.69, 9.17) is 21.3 Å². The zero-order valence-electron chi connectivity index (χ0n) is 19.2. The zero-order valence-corrected chi connectivity index (χ0v) is 19.9. The fraction of sp³-hybridized carbons (Fsp3) is 0.259. The Morgan fingerprint density at radius 1 is 0.941 bits per heavy atom. The lowest BCUT2D eigenvalue weighted by Crippen LogP contribution is -2.49. The number of carbonyl (C=O) groups excluding carboxylic acids is 1. The fourth-order valence-corrected chi connectivity index (χ4v) is 4.68. The predicted octanol–water partition coefficient (Wildman–Crippen LogP) is 4.61. The first-order valence-electron chi connectivity index (χ1n) is 11.4. The summed E-state index contributed by atoms with van der Waals surface area (Å²) in [4.78, 5) is 21.5. The van der Waals surface area contributed by atoms with Crippen LogP contribution in [0.15, 0.2) is 72.9 Å². The highest BCUT2D eigenvalue weighted by atomic mass is 35.5. The standard InChI is InChI=1S/C27H27ClN4O2/c1-34-19-26(33)31-14-12-30(13-15-31)18-24-27(20-6-3-2-4-7-20)29-25-11-10-22(17-32(24)25)21-8-5-9-23(28)16-21/h2-11,16-17H,12-15,18-19H2,1H3. The summed E-state index contributed by atoms with van der Waals surface area (Å²) in [7, 11) is 1.56. The van der Waals surface area contributed by atoms with Crippen molar-refractivity contribution in [3.05, 3.63) is 83.6 Å². The molecule has 1 aliphatic heterocycles. The van der Waals surface area contributed by atoms with Gasteiger partial charge in [0.2, 0.25) is 5.91 Å². The number of rotatable bonds is 6. The van der Waals surface area contributed by atoms with Gasteiger partial charge >= 0.3 is 0 Å². The summed E-state index contributed by atoms with van der Waals surface area (Å²) in [6.07, 6.45) is 2.15. The highest BCUT2D eigenvalue weighted by Crippen LogP contribution is 2.29. The van der Waals surface area contributed by atoms with Crippen molar-refractivity contribution in [2.45, 2.75) is 6.54 Å². The van der Waals surface area contributed by atoms with Gasteiger partial charge in [0.25, 0.3) is 0 Å². The lowest BCUT2D eigenvalue weighted by atomic mass is 10.1. The molecule has 0 saturated carbocycles. The van der Waals surface area contributed by atoms with Crippen LogP contribution in [-0.2, 0) is 16.1 Å². The van der Waals surface area contributed by atoms with Crippen LogP contribution in [0.1, 0.15) is 5.69 Å². The van der Waals surface area contributed by atoms with Crippen molar-refractivity contribution in [3.8, 4) is 22.4 Å². The van der Waals surface area contributed by atoms with Crippen molar-refractivity contribution < 1.29 is 9.53 Å². The number of hydrogen-bond acceptors (Lipinski definition) is 4. The maximum atomic E-state index is 12.2. The molecule has 4 aromatic rings. The highest BCUT2D eigenvalue weighted by Gasteiger charge is 2.23. The van der Waals surface area contributed by atoms with E-state index in [1.807, 2.05) is 41.3 Å². The Morgan fingerprint density at radius 2 is 1.71 bits per heavy atom. The third-order valence-electron chi connectivity index (χ3n) is 6.29. The van der Waals surface area contributed by atoms with Crippen LogP contribution in [-0.4, -0.2) is 65.0 Å². The number of fused-ring (bicyclic) bond motifs is 1. The largest absolute Gasteiger partial charge is 0.375 e. The van der Waals surface area contributed by atoms with Gasteiger partial charge in [-0.15, -0.1) is 0 Å². The Labute approximate surface area is 204 Å². The first-order valence-corrected chi connectivity index (χ1v) is 11.8. The number of ether oxygens (including phenoxy) is 1. The third-order valence-corrected chi connectivity index (χ3v) is 6.52. The van der Waals surface area contributed by atoms with Crippen LogP contribution in [0.5, 0.6) is 0 Å². The van der Waals surface area contributed by atoms with Crippen LogP contribution >= 0.6 is 11.6 Å². The molecule has 0 spiro atoms. The van der Waals surface area contributed by atoms with Crippen molar-refractivity contribution in [1.82, 2.24) is 19.2 Å². The van der Waals surface area contributed by atoms with E-state index in [1.165, 1.54) is 0 Å². The average Bonchev–Trinajstić information content (AvgIpc) is 3.23. The van der Waals surface area contributed by atoms with E-state index in [0.29, 0.717) is 18.1 Å². The number of pyridine rings is 1. The molecule has 1 saturated heterocycles. The number of benzene rings is 2. The topological polar surface area (TPSA) is 50.1 Å². The number of methoxy groups -OCH3 is 1. The zero-order chi connectivity index (χ0) is 23.5. The summed E-state index contributed by atoms with van der Waals surface area (Å²) in [6, 6.07) is 22.4. The maximum absolute atomic E-state index is 12.2. The Balaban J connectivity index is 1.49. The van der Waals surface area contributed by atoms with Gasteiger partial charge < -0.3 is 14.0 Å². The van der Waals surface area contributed by atoms with Gasteiger partial charge in [0.1, 0.15) is 12.3 Å². The van der Waals surface area contributed by atoms with Crippen molar-refractivity contribution in [1.29, 1.82) is 0 Å². The van der Waals surface area contributed by atoms with Gasteiger partial charge in [-0.25, -0.2) is 4.98 Å². The van der Waals surface area contributed by atoms with Crippen LogP contribution in [0, 0.1) is 0 Å². The minimum Gasteiger partial charge on any atom is -0.375 e. The van der Waals surface area contributed by atoms with Crippen LogP contribution in [0.3, 0.4) is 0 Å². The van der Waals surface area contributed by atoms with Gasteiger partial charge in [0.05, 0.1) is 11.4 Å². The number of aromatic nitrogens is 2. The van der Waals surface area contributed by atoms with Gasteiger partial charge in [-0.05, 0) is 35.4 Å². The van der Waals surface area contributed by atoms with Crippen LogP contribution < -0.4 is 0 Å². The molecule has 0 N–H and O–H groups in total. The molecule has 0 bridgehead atoms. The van der Waals surface area contributed by atoms with Crippen molar-refractivity contribution >= 4 is 23.2 Å². The second kappa shape index (κ2) is 9.97. The lowest BCUT2D eigenvalue weighted by molar-refractivity contribution is -0.136. The van der Waals surface area contributed by atoms with Gasteiger partial charge in [-0.1, -0.05) is 54.1 Å². The van der Waals surface area contributed by atoms with E-state index < -0.39 is 0 Å². The van der Waals surface area contributed by atoms with Crippen LogP contribution in [0.25, 0.3) is 28.0 Å². The molecular formula is C27H27ClN4O2. The van der Waals surface area contributed by atoms with Gasteiger partial charge in [-0.2, -0.15) is 0 Å². The van der Waals surface area contributed by atoms with Crippen molar-refractivity contribution in [2.24, 2.45) is 0 Å². The molecule has 1 fully saturated rings. The van der Waals surface area contributed by atoms with Gasteiger partial charge in [-0.3, -0.25) is 9.69 Å². The number of nitrogens with zero attached hydrogens (tertiary/aromatic N) is 4. The minimum atomic E-state index is 0.0492. The highest BCUT2D eigenvalue weighted by molar-refractivity contribution is 6.30. The van der Waals surface area contributed by atoms with Crippen LogP contribution in [0.2, 0.25) is 5.02 Å². The quantitative estimate of drug-likeness (QED) is 0.409. The van der Waals surface area contributed by atoms with Gasteiger partial charge in [0, 0.05) is 56.6 Å². The molecule has 7 heteroatoms. The first-order chi connectivity index (χ1) is 16.6. The number of hydrogen-bond donors (Lipinski definition) is 0. The second-order valence-corrected chi connectivity index (χ2v) is 8.96. The Kier molecular flexibility index (Phi) is 6.63. The Hall–Kier alpha value is -3.19. The molecular weight excluding hydrogens is 448 g/mol. The minimum absolute atomic E-state index is 0.0492. The van der Waals surface area contributed by atoms with Crippen molar-refractivity contribution in [3.63, 3.8) is 0 Å². The van der Waals surface area contributed by atoms with E-state index >= 15 is 0 Å². The number of amides is 1. The summed E-state index contributed by atoms with van der Waals surface area (Å²) in [5.41, 5.74) is 6.29. The summed E-state index contributed by atoms with van der Waals surface area (Å²) in [5, 5.41) is 0.717. The molecule has 0 unspecified atom stereocenters. The van der Waals surface area contributed by atoms with Gasteiger partial charge in [0.15, 0.2) is 0 Å². The Bertz CT molecular complexity index is 1300. The normalized spacial score (nSPS) is 14.6. The molecule has 2 aromatic carbocycles. The lowest BCUT2D eigenvalue weighted by Gasteiger charge is -2.34. The molecule has 6 nitrogen and oxygen atoms in total. The van der Waals surface area contributed by atoms with Crippen molar-refractivity contribution in [2.75, 3.05) is 39.9 Å². The number of carbonyl (C=O) groups is 1. The third kappa shape index (κ3) is 4.71. The molecule has 2 aromatic heterocycles. The van der Waals surface area contributed by atoms with Crippen LogP contribution in [0.4, 0.5) is 0 Å². The number of imidazole rings is 1. The Morgan fingerprint density at radius 3 is 2.44 bits per heavy atom. The SMILES string of the molecule is COCC(=O)N1CCN(Cc2c(-c3ccccc3)nc3ccc(-c4cccc(Cl)c4)cn23)CC1.